The molecule has 0 saturated carbocycles. The summed E-state index contributed by atoms with van der Waals surface area (Å²) in [6, 6.07) is 3.93. The van der Waals surface area contributed by atoms with Gasteiger partial charge in [-0.15, -0.1) is 0 Å². The van der Waals surface area contributed by atoms with E-state index < -0.39 is 15.9 Å². The van der Waals surface area contributed by atoms with Gasteiger partial charge in [-0.05, 0) is 36.6 Å². The van der Waals surface area contributed by atoms with Crippen molar-refractivity contribution in [1.82, 2.24) is 0 Å². The lowest BCUT2D eigenvalue weighted by Gasteiger charge is -2.14. The van der Waals surface area contributed by atoms with Gasteiger partial charge in [0.15, 0.2) is 0 Å². The van der Waals surface area contributed by atoms with Crippen molar-refractivity contribution in [3.63, 3.8) is 0 Å². The molecule has 1 aromatic rings. The molecule has 1 atom stereocenters. The lowest BCUT2D eigenvalue weighted by molar-refractivity contribution is 0.589. The minimum Gasteiger partial charge on any atom is -0.324 e. The minimum atomic E-state index is -3.02. The van der Waals surface area contributed by atoms with E-state index in [1.54, 1.807) is 6.07 Å². The first kappa shape index (κ1) is 13.1. The number of aryl methyl sites for hydroxylation is 1. The van der Waals surface area contributed by atoms with Crippen LogP contribution in [-0.4, -0.2) is 20.4 Å². The van der Waals surface area contributed by atoms with Crippen LogP contribution < -0.4 is 5.73 Å². The molecule has 0 heterocycles. The Labute approximate surface area is 95.4 Å². The summed E-state index contributed by atoms with van der Waals surface area (Å²) < 4.78 is 35.0. The maximum Gasteiger partial charge on any atom is 0.147 e. The van der Waals surface area contributed by atoms with Crippen LogP contribution in [0.1, 0.15) is 23.6 Å². The predicted octanol–water partition coefficient (Wildman–Crippen LogP) is 1.57. The summed E-state index contributed by atoms with van der Waals surface area (Å²) in [4.78, 5) is 0. The molecular weight excluding hydrogens is 229 g/mol. The van der Waals surface area contributed by atoms with Crippen LogP contribution in [0.3, 0.4) is 0 Å². The van der Waals surface area contributed by atoms with Crippen LogP contribution in [0.2, 0.25) is 0 Å². The van der Waals surface area contributed by atoms with Crippen molar-refractivity contribution in [2.24, 2.45) is 5.73 Å². The van der Waals surface area contributed by atoms with Crippen LogP contribution in [-0.2, 0) is 9.84 Å². The van der Waals surface area contributed by atoms with Gasteiger partial charge in [0.25, 0.3) is 0 Å². The normalized spacial score (nSPS) is 13.8. The molecule has 0 radical (unpaired) electrons. The molecule has 0 amide bonds. The Kier molecular flexibility index (Phi) is 4.04. The van der Waals surface area contributed by atoms with E-state index in [0.29, 0.717) is 12.0 Å². The zero-order valence-corrected chi connectivity index (χ0v) is 10.2. The maximum absolute atomic E-state index is 13.0. The third-order valence-electron chi connectivity index (χ3n) is 2.44. The average molecular weight is 245 g/mol. The fraction of sp³-hybridized carbons (Fsp3) is 0.455. The van der Waals surface area contributed by atoms with E-state index in [1.165, 1.54) is 12.1 Å². The molecule has 0 aliphatic carbocycles. The Morgan fingerprint density at radius 3 is 2.62 bits per heavy atom. The van der Waals surface area contributed by atoms with Gasteiger partial charge >= 0.3 is 0 Å². The molecule has 90 valence electrons. The van der Waals surface area contributed by atoms with Gasteiger partial charge in [0, 0.05) is 12.3 Å². The lowest BCUT2D eigenvalue weighted by atomic mass is 10.00. The van der Waals surface area contributed by atoms with E-state index >= 15 is 0 Å². The monoisotopic (exact) mass is 245 g/mol. The molecule has 1 rings (SSSR count). The highest BCUT2D eigenvalue weighted by atomic mass is 32.2. The van der Waals surface area contributed by atoms with E-state index in [0.717, 1.165) is 11.8 Å². The molecular formula is C11H16FNO2S. The molecule has 5 heteroatoms. The fourth-order valence-corrected chi connectivity index (χ4v) is 2.19. The molecule has 0 aromatic heterocycles. The summed E-state index contributed by atoms with van der Waals surface area (Å²) in [6.45, 7) is 1.83. The molecule has 0 saturated heterocycles. The maximum atomic E-state index is 13.0. The topological polar surface area (TPSA) is 60.2 Å². The van der Waals surface area contributed by atoms with Crippen molar-refractivity contribution in [3.8, 4) is 0 Å². The smallest absolute Gasteiger partial charge is 0.147 e. The molecule has 16 heavy (non-hydrogen) atoms. The zero-order chi connectivity index (χ0) is 12.3. The Balaban J connectivity index is 2.80. The van der Waals surface area contributed by atoms with Gasteiger partial charge in [0.05, 0.1) is 5.75 Å². The molecule has 0 spiro atoms. The van der Waals surface area contributed by atoms with Crippen molar-refractivity contribution in [3.05, 3.63) is 35.1 Å². The first-order valence-corrected chi connectivity index (χ1v) is 7.05. The van der Waals surface area contributed by atoms with Gasteiger partial charge in [0.2, 0.25) is 0 Å². The van der Waals surface area contributed by atoms with Gasteiger partial charge in [-0.25, -0.2) is 12.8 Å². The van der Waals surface area contributed by atoms with E-state index in [-0.39, 0.29) is 11.6 Å². The largest absolute Gasteiger partial charge is 0.324 e. The number of hydrogen-bond donors (Lipinski definition) is 1. The van der Waals surface area contributed by atoms with Gasteiger partial charge in [0.1, 0.15) is 15.7 Å². The molecule has 0 fully saturated rings. The molecule has 1 aromatic carbocycles. The molecule has 1 unspecified atom stereocenters. The second-order valence-electron chi connectivity index (χ2n) is 4.03. The van der Waals surface area contributed by atoms with Gasteiger partial charge in [-0.3, -0.25) is 0 Å². The number of sulfone groups is 1. The molecule has 0 bridgehead atoms. The van der Waals surface area contributed by atoms with Crippen LogP contribution in [0, 0.1) is 12.7 Å². The standard InChI is InChI=1S/C11H16FNO2S/c1-8-3-4-9(12)7-10(8)11(13)5-6-16(2,14)15/h3-4,7,11H,5-6,13H2,1-2H3. The first-order chi connectivity index (χ1) is 7.29. The van der Waals surface area contributed by atoms with Crippen LogP contribution in [0.25, 0.3) is 0 Å². The number of halogens is 1. The number of rotatable bonds is 4. The average Bonchev–Trinajstić information content (AvgIpc) is 2.17. The molecule has 2 N–H and O–H groups in total. The summed E-state index contributed by atoms with van der Waals surface area (Å²) >= 11 is 0. The molecule has 3 nitrogen and oxygen atoms in total. The lowest BCUT2D eigenvalue weighted by Crippen LogP contribution is -2.16. The third kappa shape index (κ3) is 3.90. The fourth-order valence-electron chi connectivity index (χ4n) is 1.51. The van der Waals surface area contributed by atoms with Crippen molar-refractivity contribution in [2.45, 2.75) is 19.4 Å². The van der Waals surface area contributed by atoms with E-state index in [2.05, 4.69) is 0 Å². The Morgan fingerprint density at radius 2 is 2.06 bits per heavy atom. The first-order valence-electron chi connectivity index (χ1n) is 4.99. The van der Waals surface area contributed by atoms with Crippen molar-refractivity contribution in [2.75, 3.05) is 12.0 Å². The van der Waals surface area contributed by atoms with Gasteiger partial charge in [-0.1, -0.05) is 6.07 Å². The Morgan fingerprint density at radius 1 is 1.44 bits per heavy atom. The second-order valence-corrected chi connectivity index (χ2v) is 6.29. The minimum absolute atomic E-state index is 0.0180. The summed E-state index contributed by atoms with van der Waals surface area (Å²) in [5.41, 5.74) is 7.39. The zero-order valence-electron chi connectivity index (χ0n) is 9.40. The Hall–Kier alpha value is -0.940. The highest BCUT2D eigenvalue weighted by Gasteiger charge is 2.12. The van der Waals surface area contributed by atoms with Crippen molar-refractivity contribution < 1.29 is 12.8 Å². The molecule has 0 aliphatic rings. The quantitative estimate of drug-likeness (QED) is 0.876. The van der Waals surface area contributed by atoms with Crippen LogP contribution in [0.5, 0.6) is 0 Å². The third-order valence-corrected chi connectivity index (χ3v) is 3.42. The van der Waals surface area contributed by atoms with E-state index in [4.69, 9.17) is 5.73 Å². The van der Waals surface area contributed by atoms with Crippen LogP contribution in [0.4, 0.5) is 4.39 Å². The van der Waals surface area contributed by atoms with Gasteiger partial charge < -0.3 is 5.73 Å². The van der Waals surface area contributed by atoms with E-state index in [9.17, 15) is 12.8 Å². The van der Waals surface area contributed by atoms with Gasteiger partial charge in [-0.2, -0.15) is 0 Å². The molecule has 0 aliphatic heterocycles. The predicted molar refractivity (Wildman–Crippen MR) is 62.4 cm³/mol. The summed E-state index contributed by atoms with van der Waals surface area (Å²) in [5, 5.41) is 0. The Bertz CT molecular complexity index is 471. The van der Waals surface area contributed by atoms with Crippen LogP contribution >= 0.6 is 0 Å². The second kappa shape index (κ2) is 4.93. The number of benzene rings is 1. The SMILES string of the molecule is Cc1ccc(F)cc1C(N)CCS(C)(=O)=O. The summed E-state index contributed by atoms with van der Waals surface area (Å²) in [7, 11) is -3.02. The van der Waals surface area contributed by atoms with Crippen molar-refractivity contribution in [1.29, 1.82) is 0 Å². The highest BCUT2D eigenvalue weighted by Crippen LogP contribution is 2.20. The van der Waals surface area contributed by atoms with Crippen LogP contribution in [0.15, 0.2) is 18.2 Å². The van der Waals surface area contributed by atoms with Crippen molar-refractivity contribution >= 4 is 9.84 Å². The summed E-state index contributed by atoms with van der Waals surface area (Å²) in [6.07, 6.45) is 1.47. The number of nitrogens with two attached hydrogens (primary N) is 1. The summed E-state index contributed by atoms with van der Waals surface area (Å²) in [5.74, 6) is -0.334. The van der Waals surface area contributed by atoms with E-state index in [1.807, 2.05) is 6.92 Å². The number of hydrogen-bond acceptors (Lipinski definition) is 3. The highest BCUT2D eigenvalue weighted by molar-refractivity contribution is 7.90.